The Labute approximate surface area is 109 Å². The third-order valence-corrected chi connectivity index (χ3v) is 4.05. The number of allylic oxidation sites excluding steroid dienone is 2. The van der Waals surface area contributed by atoms with Crippen molar-refractivity contribution in [2.24, 2.45) is 0 Å². The van der Waals surface area contributed by atoms with Crippen LogP contribution in [0, 0.1) is 0 Å². The van der Waals surface area contributed by atoms with Gasteiger partial charge in [0.2, 0.25) is 0 Å². The van der Waals surface area contributed by atoms with Gasteiger partial charge in [-0.1, -0.05) is 12.2 Å². The third-order valence-electron chi connectivity index (χ3n) is 4.05. The summed E-state index contributed by atoms with van der Waals surface area (Å²) < 4.78 is 0. The molecule has 3 nitrogen and oxygen atoms in total. The maximum atomic E-state index is 4.65. The molecule has 0 aliphatic carbocycles. The number of aromatic nitrogens is 1. The molecule has 0 saturated carbocycles. The van der Waals surface area contributed by atoms with E-state index < -0.39 is 0 Å². The van der Waals surface area contributed by atoms with Gasteiger partial charge in [-0.2, -0.15) is 0 Å². The van der Waals surface area contributed by atoms with E-state index in [1.54, 1.807) is 0 Å². The van der Waals surface area contributed by atoms with Gasteiger partial charge in [0.05, 0.1) is 0 Å². The first-order valence-electron chi connectivity index (χ1n) is 6.95. The van der Waals surface area contributed by atoms with Crippen LogP contribution in [0.2, 0.25) is 0 Å². The fourth-order valence-electron chi connectivity index (χ4n) is 3.08. The number of nitrogens with zero attached hydrogens (tertiary/aromatic N) is 2. The van der Waals surface area contributed by atoms with E-state index in [2.05, 4.69) is 40.3 Å². The van der Waals surface area contributed by atoms with Gasteiger partial charge in [-0.25, -0.2) is 4.98 Å². The Balaban J connectivity index is 1.94. The van der Waals surface area contributed by atoms with Crippen molar-refractivity contribution >= 4 is 5.82 Å². The molecule has 1 aromatic rings. The van der Waals surface area contributed by atoms with Crippen molar-refractivity contribution in [3.63, 3.8) is 0 Å². The monoisotopic (exact) mass is 243 g/mol. The molecule has 1 aromatic heterocycles. The molecule has 0 bridgehead atoms. The molecular formula is C15H21N3. The van der Waals surface area contributed by atoms with Gasteiger partial charge in [0.25, 0.3) is 0 Å². The van der Waals surface area contributed by atoms with Gasteiger partial charge in [0, 0.05) is 31.9 Å². The second kappa shape index (κ2) is 5.11. The highest BCUT2D eigenvalue weighted by Gasteiger charge is 2.30. The van der Waals surface area contributed by atoms with E-state index in [-0.39, 0.29) is 0 Å². The topological polar surface area (TPSA) is 28.2 Å². The van der Waals surface area contributed by atoms with E-state index in [9.17, 15) is 0 Å². The minimum absolute atomic E-state index is 0.649. The molecule has 0 radical (unpaired) electrons. The lowest BCUT2D eigenvalue weighted by molar-refractivity contribution is 0.435. The molecule has 96 valence electrons. The Bertz CT molecular complexity index is 453. The quantitative estimate of drug-likeness (QED) is 0.804. The number of anilines is 1. The second-order valence-corrected chi connectivity index (χ2v) is 5.14. The van der Waals surface area contributed by atoms with Crippen LogP contribution in [-0.2, 0) is 12.8 Å². The fourth-order valence-corrected chi connectivity index (χ4v) is 3.08. The molecule has 2 aliphatic rings. The number of hydrogen-bond acceptors (Lipinski definition) is 3. The number of rotatable bonds is 2. The molecule has 0 aromatic carbocycles. The van der Waals surface area contributed by atoms with Crippen LogP contribution in [0.4, 0.5) is 5.82 Å². The highest BCUT2D eigenvalue weighted by molar-refractivity contribution is 5.54. The zero-order valence-corrected chi connectivity index (χ0v) is 11.0. The van der Waals surface area contributed by atoms with Crippen LogP contribution < -0.4 is 10.2 Å². The summed E-state index contributed by atoms with van der Waals surface area (Å²) in [6, 6.07) is 2.83. The van der Waals surface area contributed by atoms with Gasteiger partial charge in [-0.15, -0.1) is 0 Å². The molecule has 3 heterocycles. The Morgan fingerprint density at radius 1 is 1.56 bits per heavy atom. The first-order chi connectivity index (χ1) is 8.90. The third kappa shape index (κ3) is 2.03. The predicted molar refractivity (Wildman–Crippen MR) is 75.1 cm³/mol. The molecular weight excluding hydrogens is 222 g/mol. The Hall–Kier alpha value is -1.35. The summed E-state index contributed by atoms with van der Waals surface area (Å²) in [6.45, 7) is 5.37. The average molecular weight is 243 g/mol. The van der Waals surface area contributed by atoms with Crippen LogP contribution in [0.15, 0.2) is 24.4 Å². The largest absolute Gasteiger partial charge is 0.351 e. The van der Waals surface area contributed by atoms with Crippen molar-refractivity contribution in [2.75, 3.05) is 24.5 Å². The summed E-state index contributed by atoms with van der Waals surface area (Å²) in [4.78, 5) is 7.15. The maximum Gasteiger partial charge on any atom is 0.132 e. The van der Waals surface area contributed by atoms with E-state index in [1.807, 2.05) is 6.20 Å². The van der Waals surface area contributed by atoms with Crippen molar-refractivity contribution < 1.29 is 0 Å². The highest BCUT2D eigenvalue weighted by atomic mass is 15.3. The number of nitrogens with one attached hydrogen (secondary N) is 1. The summed E-state index contributed by atoms with van der Waals surface area (Å²) >= 11 is 0. The van der Waals surface area contributed by atoms with Crippen molar-refractivity contribution in [3.05, 3.63) is 35.5 Å². The van der Waals surface area contributed by atoms with Crippen LogP contribution in [0.25, 0.3) is 0 Å². The SMILES string of the molecule is CC=CCc1ccnc2c1CCC1CNCCN21. The molecule has 1 atom stereocenters. The molecule has 1 saturated heterocycles. The van der Waals surface area contributed by atoms with Gasteiger partial charge in [-0.05, 0) is 43.4 Å². The number of piperazine rings is 1. The van der Waals surface area contributed by atoms with Crippen LogP contribution in [-0.4, -0.2) is 30.7 Å². The van der Waals surface area contributed by atoms with Crippen LogP contribution in [0.3, 0.4) is 0 Å². The number of hydrogen-bond donors (Lipinski definition) is 1. The molecule has 3 heteroatoms. The minimum Gasteiger partial charge on any atom is -0.351 e. The van der Waals surface area contributed by atoms with Crippen molar-refractivity contribution in [3.8, 4) is 0 Å². The lowest BCUT2D eigenvalue weighted by Gasteiger charge is -2.41. The lowest BCUT2D eigenvalue weighted by Crippen LogP contribution is -2.53. The summed E-state index contributed by atoms with van der Waals surface area (Å²) in [5, 5.41) is 3.48. The first-order valence-corrected chi connectivity index (χ1v) is 6.95. The zero-order chi connectivity index (χ0) is 12.4. The predicted octanol–water partition coefficient (Wildman–Crippen LogP) is 1.92. The highest BCUT2D eigenvalue weighted by Crippen LogP contribution is 2.31. The summed E-state index contributed by atoms with van der Waals surface area (Å²) in [6.07, 6.45) is 9.82. The van der Waals surface area contributed by atoms with Gasteiger partial charge < -0.3 is 10.2 Å². The summed E-state index contributed by atoms with van der Waals surface area (Å²) in [5.41, 5.74) is 2.93. The lowest BCUT2D eigenvalue weighted by atomic mass is 9.92. The van der Waals surface area contributed by atoms with Gasteiger partial charge in [-0.3, -0.25) is 0 Å². The standard InChI is InChI=1S/C15H21N3/c1-2-3-4-12-7-8-17-15-14(12)6-5-13-11-16-9-10-18(13)15/h2-3,7-8,13,16H,4-6,9-11H2,1H3. The summed E-state index contributed by atoms with van der Waals surface area (Å²) in [5.74, 6) is 1.25. The van der Waals surface area contributed by atoms with Crippen molar-refractivity contribution in [1.29, 1.82) is 0 Å². The molecule has 1 N–H and O–H groups in total. The van der Waals surface area contributed by atoms with E-state index in [4.69, 9.17) is 0 Å². The van der Waals surface area contributed by atoms with E-state index in [0.29, 0.717) is 6.04 Å². The van der Waals surface area contributed by atoms with Gasteiger partial charge in [0.15, 0.2) is 0 Å². The number of pyridine rings is 1. The molecule has 1 unspecified atom stereocenters. The van der Waals surface area contributed by atoms with E-state index >= 15 is 0 Å². The Kier molecular flexibility index (Phi) is 3.33. The smallest absolute Gasteiger partial charge is 0.132 e. The fraction of sp³-hybridized carbons (Fsp3) is 0.533. The van der Waals surface area contributed by atoms with Crippen molar-refractivity contribution in [2.45, 2.75) is 32.2 Å². The van der Waals surface area contributed by atoms with Gasteiger partial charge in [0.1, 0.15) is 5.82 Å². The normalized spacial score (nSPS) is 22.9. The van der Waals surface area contributed by atoms with Crippen LogP contribution in [0.1, 0.15) is 24.5 Å². The Morgan fingerprint density at radius 2 is 2.50 bits per heavy atom. The second-order valence-electron chi connectivity index (χ2n) is 5.14. The molecule has 3 rings (SSSR count). The van der Waals surface area contributed by atoms with Crippen molar-refractivity contribution in [1.82, 2.24) is 10.3 Å². The van der Waals surface area contributed by atoms with E-state index in [0.717, 1.165) is 26.1 Å². The first kappa shape index (κ1) is 11.7. The van der Waals surface area contributed by atoms with Crippen LogP contribution >= 0.6 is 0 Å². The summed E-state index contributed by atoms with van der Waals surface area (Å²) in [7, 11) is 0. The van der Waals surface area contributed by atoms with Crippen LogP contribution in [0.5, 0.6) is 0 Å². The average Bonchev–Trinajstić information content (AvgIpc) is 2.44. The Morgan fingerprint density at radius 3 is 3.39 bits per heavy atom. The molecule has 18 heavy (non-hydrogen) atoms. The molecule has 0 spiro atoms. The number of fused-ring (bicyclic) bond motifs is 3. The zero-order valence-electron chi connectivity index (χ0n) is 11.0. The molecule has 1 fully saturated rings. The molecule has 2 aliphatic heterocycles. The van der Waals surface area contributed by atoms with Gasteiger partial charge >= 0.3 is 0 Å². The minimum atomic E-state index is 0.649. The molecule has 0 amide bonds. The maximum absolute atomic E-state index is 4.65. The van der Waals surface area contributed by atoms with E-state index in [1.165, 1.54) is 29.8 Å².